The highest BCUT2D eigenvalue weighted by Crippen LogP contribution is 2.42. The van der Waals surface area contributed by atoms with Crippen LogP contribution in [0.2, 0.25) is 0 Å². The first-order chi connectivity index (χ1) is 22.8. The maximum atomic E-state index is 16.9. The van der Waals surface area contributed by atoms with Gasteiger partial charge in [0.25, 0.3) is 0 Å². The van der Waals surface area contributed by atoms with Crippen molar-refractivity contribution < 1.29 is 23.0 Å². The van der Waals surface area contributed by atoms with Gasteiger partial charge in [-0.15, -0.1) is 0 Å². The van der Waals surface area contributed by atoms with E-state index in [1.54, 1.807) is 18.6 Å². The van der Waals surface area contributed by atoms with Crippen LogP contribution in [0.5, 0.6) is 11.8 Å². The summed E-state index contributed by atoms with van der Waals surface area (Å²) in [7, 11) is 0. The number of alkyl halides is 1. The van der Waals surface area contributed by atoms with E-state index in [2.05, 4.69) is 29.7 Å². The Kier molecular flexibility index (Phi) is 7.42. The predicted molar refractivity (Wildman–Crippen MR) is 173 cm³/mol. The number of aryl methyl sites for hydroxylation is 1. The van der Waals surface area contributed by atoms with Crippen LogP contribution in [0, 0.1) is 11.6 Å². The molecule has 3 aromatic heterocycles. The summed E-state index contributed by atoms with van der Waals surface area (Å²) in [6.07, 6.45) is 8.55. The molecule has 3 fully saturated rings. The Morgan fingerprint density at radius 3 is 2.83 bits per heavy atom. The molecule has 2 N–H and O–H groups in total. The molecule has 5 aromatic rings. The molecular formula is C35H36F3N7O2. The van der Waals surface area contributed by atoms with Crippen molar-refractivity contribution in [3.8, 4) is 23.0 Å². The molecule has 47 heavy (non-hydrogen) atoms. The Hall–Kier alpha value is -4.45. The number of ether oxygens (including phenoxy) is 1. The van der Waals surface area contributed by atoms with Gasteiger partial charge in [-0.3, -0.25) is 9.88 Å². The predicted octanol–water partition coefficient (Wildman–Crippen LogP) is 6.45. The number of halogens is 3. The number of fused-ring (bicyclic) bond motifs is 3. The lowest BCUT2D eigenvalue weighted by Gasteiger charge is -2.34. The lowest BCUT2D eigenvalue weighted by atomic mass is 9.94. The maximum Gasteiger partial charge on any atom is 0.319 e. The average molecular weight is 644 g/mol. The smallest absolute Gasteiger partial charge is 0.319 e. The number of phenolic OH excluding ortho intramolecular Hbond substituents is 1. The second-order valence-corrected chi connectivity index (χ2v) is 13.1. The number of hydrogen-bond acceptors (Lipinski definition) is 8. The number of aromatic hydroxyl groups is 1. The second kappa shape index (κ2) is 11.7. The Labute approximate surface area is 269 Å². The standard InChI is InChI=1S/C35H36F3N7O2/c1-2-24-27(37)7-6-20-11-23(46)12-25(29(20)24)31-30(38)32-26(14-40-31)33(44-9-3-5-21(16-44)28-15-39-19-41-28)43-34(42-32)47-18-35-8-4-10-45(35)17-22(36)13-35/h6-7,11-12,14-15,19,21-22,46H,2-5,8-10,13,16-18H2,1H3,(H,39,41)/t21?,22-,35+/m1/s1. The molecule has 3 aliphatic heterocycles. The van der Waals surface area contributed by atoms with Crippen molar-refractivity contribution >= 4 is 27.5 Å². The van der Waals surface area contributed by atoms with E-state index in [0.717, 1.165) is 37.9 Å². The van der Waals surface area contributed by atoms with Gasteiger partial charge in [-0.25, -0.2) is 18.2 Å². The molecule has 2 aromatic carbocycles. The van der Waals surface area contributed by atoms with Crippen LogP contribution in [0.3, 0.4) is 0 Å². The largest absolute Gasteiger partial charge is 0.508 e. The molecule has 0 saturated carbocycles. The number of rotatable bonds is 7. The monoisotopic (exact) mass is 643 g/mol. The maximum absolute atomic E-state index is 16.9. The number of pyridine rings is 1. The van der Waals surface area contributed by atoms with E-state index >= 15 is 4.39 Å². The second-order valence-electron chi connectivity index (χ2n) is 13.1. The number of hydrogen-bond donors (Lipinski definition) is 2. The van der Waals surface area contributed by atoms with Gasteiger partial charge < -0.3 is 19.7 Å². The van der Waals surface area contributed by atoms with E-state index < -0.39 is 23.3 Å². The van der Waals surface area contributed by atoms with Crippen LogP contribution in [0.15, 0.2) is 43.0 Å². The van der Waals surface area contributed by atoms with Crippen LogP contribution >= 0.6 is 0 Å². The van der Waals surface area contributed by atoms with Crippen molar-refractivity contribution in [2.24, 2.45) is 0 Å². The third-order valence-corrected chi connectivity index (χ3v) is 10.3. The van der Waals surface area contributed by atoms with Crippen LogP contribution in [-0.4, -0.2) is 79.4 Å². The van der Waals surface area contributed by atoms with Crippen LogP contribution < -0.4 is 9.64 Å². The van der Waals surface area contributed by atoms with Crippen LogP contribution in [-0.2, 0) is 6.42 Å². The number of aromatic nitrogens is 5. The van der Waals surface area contributed by atoms with Crippen molar-refractivity contribution in [3.05, 3.63) is 65.9 Å². The number of imidazole rings is 1. The number of benzene rings is 2. The lowest BCUT2D eigenvalue weighted by Crippen LogP contribution is -2.43. The molecule has 6 heterocycles. The van der Waals surface area contributed by atoms with Gasteiger partial charge in [-0.2, -0.15) is 9.97 Å². The van der Waals surface area contributed by atoms with Gasteiger partial charge in [-0.05, 0) is 73.2 Å². The van der Waals surface area contributed by atoms with Gasteiger partial charge in [0.1, 0.15) is 41.4 Å². The number of aromatic amines is 1. The van der Waals surface area contributed by atoms with E-state index in [4.69, 9.17) is 9.72 Å². The van der Waals surface area contributed by atoms with Gasteiger partial charge in [0.05, 0.1) is 22.9 Å². The zero-order chi connectivity index (χ0) is 32.3. The number of H-pyrrole nitrogens is 1. The fourth-order valence-corrected chi connectivity index (χ4v) is 8.10. The Morgan fingerprint density at radius 1 is 1.11 bits per heavy atom. The SMILES string of the molecule is CCc1c(F)ccc2cc(O)cc(-c3ncc4c(N5CCCC(c6c[nH]cn6)C5)nc(OC[C@@]56CCCN5C[C@H](F)C6)nc4c3F)c12. The van der Waals surface area contributed by atoms with Crippen LogP contribution in [0.25, 0.3) is 32.9 Å². The molecule has 0 aliphatic carbocycles. The topological polar surface area (TPSA) is 103 Å². The minimum atomic E-state index is -0.916. The molecule has 3 aliphatic rings. The number of nitrogens with one attached hydrogen (secondary N) is 1. The molecule has 3 atom stereocenters. The van der Waals surface area contributed by atoms with Crippen LogP contribution in [0.1, 0.15) is 56.2 Å². The molecule has 9 nitrogen and oxygen atoms in total. The van der Waals surface area contributed by atoms with E-state index in [0.29, 0.717) is 60.0 Å². The summed E-state index contributed by atoms with van der Waals surface area (Å²) >= 11 is 0. The highest BCUT2D eigenvalue weighted by molar-refractivity contribution is 6.01. The minimum absolute atomic E-state index is 0.00929. The van der Waals surface area contributed by atoms with Crippen molar-refractivity contribution in [2.75, 3.05) is 37.7 Å². The van der Waals surface area contributed by atoms with Crippen molar-refractivity contribution in [1.29, 1.82) is 0 Å². The van der Waals surface area contributed by atoms with Gasteiger partial charge in [0, 0.05) is 49.9 Å². The molecule has 0 spiro atoms. The summed E-state index contributed by atoms with van der Waals surface area (Å²) in [5, 5.41) is 12.1. The van der Waals surface area contributed by atoms with Gasteiger partial charge in [-0.1, -0.05) is 13.0 Å². The zero-order valence-corrected chi connectivity index (χ0v) is 26.1. The van der Waals surface area contributed by atoms with Crippen molar-refractivity contribution in [1.82, 2.24) is 29.8 Å². The van der Waals surface area contributed by atoms with E-state index in [9.17, 15) is 13.9 Å². The third-order valence-electron chi connectivity index (χ3n) is 10.3. The van der Waals surface area contributed by atoms with Gasteiger partial charge in [0.15, 0.2) is 5.82 Å². The summed E-state index contributed by atoms with van der Waals surface area (Å²) in [6, 6.07) is 5.88. The van der Waals surface area contributed by atoms with E-state index in [-0.39, 0.29) is 41.1 Å². The van der Waals surface area contributed by atoms with E-state index in [1.165, 1.54) is 18.2 Å². The summed E-state index contributed by atoms with van der Waals surface area (Å²) in [6.45, 7) is 4.53. The van der Waals surface area contributed by atoms with Gasteiger partial charge in [0.2, 0.25) is 0 Å². The lowest BCUT2D eigenvalue weighted by molar-refractivity contribution is 0.107. The quantitative estimate of drug-likeness (QED) is 0.209. The minimum Gasteiger partial charge on any atom is -0.508 e. The Balaban J connectivity index is 1.26. The highest BCUT2D eigenvalue weighted by atomic mass is 19.1. The molecule has 1 unspecified atom stereocenters. The highest BCUT2D eigenvalue weighted by Gasteiger charge is 2.49. The molecule has 0 radical (unpaired) electrons. The molecule has 0 bridgehead atoms. The number of nitrogens with zero attached hydrogens (tertiary/aromatic N) is 6. The summed E-state index contributed by atoms with van der Waals surface area (Å²) < 4.78 is 52.7. The zero-order valence-electron chi connectivity index (χ0n) is 26.1. The molecule has 12 heteroatoms. The first-order valence-corrected chi connectivity index (χ1v) is 16.4. The van der Waals surface area contributed by atoms with Crippen LogP contribution in [0.4, 0.5) is 19.0 Å². The molecular weight excluding hydrogens is 607 g/mol. The summed E-state index contributed by atoms with van der Waals surface area (Å²) in [5.41, 5.74) is 1.16. The molecule has 0 amide bonds. The molecule has 244 valence electrons. The fourth-order valence-electron chi connectivity index (χ4n) is 8.10. The average Bonchev–Trinajstić information content (AvgIpc) is 3.81. The normalized spacial score (nSPS) is 23.2. The third kappa shape index (κ3) is 5.13. The fraction of sp³-hybridized carbons (Fsp3) is 0.429. The first kappa shape index (κ1) is 29.9. The molecule has 3 saturated heterocycles. The Bertz CT molecular complexity index is 1970. The van der Waals surface area contributed by atoms with Crippen molar-refractivity contribution in [2.45, 2.75) is 63.1 Å². The number of piperidine rings is 1. The number of phenols is 1. The Morgan fingerprint density at radius 2 is 2.00 bits per heavy atom. The number of anilines is 1. The first-order valence-electron chi connectivity index (χ1n) is 16.4. The molecule has 8 rings (SSSR count). The summed E-state index contributed by atoms with van der Waals surface area (Å²) in [5.74, 6) is -0.572. The van der Waals surface area contributed by atoms with Crippen molar-refractivity contribution in [3.63, 3.8) is 0 Å². The van der Waals surface area contributed by atoms with Gasteiger partial charge >= 0.3 is 6.01 Å². The summed E-state index contributed by atoms with van der Waals surface area (Å²) in [4.78, 5) is 25.8. The van der Waals surface area contributed by atoms with E-state index in [1.807, 2.05) is 13.1 Å².